The van der Waals surface area contributed by atoms with Crippen LogP contribution in [-0.2, 0) is 13.6 Å². The van der Waals surface area contributed by atoms with Crippen molar-refractivity contribution in [2.24, 2.45) is 12.8 Å². The topological polar surface area (TPSA) is 74.5 Å². The molecule has 94 valence electrons. The van der Waals surface area contributed by atoms with Crippen molar-refractivity contribution in [1.82, 2.24) is 24.3 Å². The highest BCUT2D eigenvalue weighted by molar-refractivity contribution is 5.85. The van der Waals surface area contributed by atoms with Crippen molar-refractivity contribution in [3.63, 3.8) is 0 Å². The Morgan fingerprint density at radius 2 is 2.11 bits per heavy atom. The molecule has 0 aliphatic heterocycles. The Kier molecular flexibility index (Phi) is 3.31. The smallest absolute Gasteiger partial charge is 0.145 e. The number of benzene rings is 1. The normalized spacial score (nSPS) is 10.6. The number of nitrogens with zero attached hydrogens (tertiary/aromatic N) is 5. The molecule has 7 heteroatoms. The first-order chi connectivity index (χ1) is 8.29. The maximum Gasteiger partial charge on any atom is 0.145 e. The fourth-order valence-electron chi connectivity index (χ4n) is 1.88. The van der Waals surface area contributed by atoms with E-state index < -0.39 is 0 Å². The predicted molar refractivity (Wildman–Crippen MR) is 70.8 cm³/mol. The van der Waals surface area contributed by atoms with Gasteiger partial charge in [0.25, 0.3) is 0 Å². The molecule has 2 heterocycles. The highest BCUT2D eigenvalue weighted by Gasteiger charge is 2.07. The summed E-state index contributed by atoms with van der Waals surface area (Å²) in [5, 5.41) is 4.16. The SMILES string of the molecule is Cl.Cn1cnc2cc(-n3ncnc3CN)ccc21. The summed E-state index contributed by atoms with van der Waals surface area (Å²) < 4.78 is 3.71. The van der Waals surface area contributed by atoms with Gasteiger partial charge in [-0.2, -0.15) is 5.10 Å². The van der Waals surface area contributed by atoms with Crippen LogP contribution in [0.2, 0.25) is 0 Å². The second-order valence-electron chi connectivity index (χ2n) is 3.82. The van der Waals surface area contributed by atoms with Crippen molar-refractivity contribution in [3.8, 4) is 5.69 Å². The Bertz CT molecular complexity index is 671. The summed E-state index contributed by atoms with van der Waals surface area (Å²) in [6.07, 6.45) is 3.30. The molecule has 3 aromatic rings. The lowest BCUT2D eigenvalue weighted by molar-refractivity contribution is 0.790. The Morgan fingerprint density at radius 3 is 2.89 bits per heavy atom. The third-order valence-corrected chi connectivity index (χ3v) is 2.75. The molecule has 0 fully saturated rings. The Hall–Kier alpha value is -1.92. The van der Waals surface area contributed by atoms with Gasteiger partial charge in [-0.1, -0.05) is 0 Å². The van der Waals surface area contributed by atoms with E-state index in [1.165, 1.54) is 6.33 Å². The molecule has 0 atom stereocenters. The number of hydrogen-bond donors (Lipinski definition) is 1. The average Bonchev–Trinajstić information content (AvgIpc) is 2.96. The van der Waals surface area contributed by atoms with Gasteiger partial charge in [-0.25, -0.2) is 14.6 Å². The minimum absolute atomic E-state index is 0. The lowest BCUT2D eigenvalue weighted by atomic mass is 10.2. The number of nitrogens with two attached hydrogens (primary N) is 1. The van der Waals surface area contributed by atoms with E-state index in [2.05, 4.69) is 15.1 Å². The standard InChI is InChI=1S/C11H12N6.ClH/c1-16-7-14-9-4-8(2-3-10(9)16)17-11(5-12)13-6-15-17;/h2-4,6-7H,5,12H2,1H3;1H. The molecule has 0 unspecified atom stereocenters. The van der Waals surface area contributed by atoms with Crippen molar-refractivity contribution in [2.45, 2.75) is 6.54 Å². The van der Waals surface area contributed by atoms with Gasteiger partial charge in [0, 0.05) is 7.05 Å². The van der Waals surface area contributed by atoms with E-state index in [9.17, 15) is 0 Å². The molecule has 3 rings (SSSR count). The van der Waals surface area contributed by atoms with Crippen LogP contribution >= 0.6 is 12.4 Å². The minimum atomic E-state index is 0. The summed E-state index contributed by atoms with van der Waals surface area (Å²) in [5.41, 5.74) is 8.55. The molecule has 0 aliphatic rings. The molecule has 1 aromatic carbocycles. The van der Waals surface area contributed by atoms with Crippen LogP contribution in [0.15, 0.2) is 30.9 Å². The fourth-order valence-corrected chi connectivity index (χ4v) is 1.88. The monoisotopic (exact) mass is 264 g/mol. The van der Waals surface area contributed by atoms with Gasteiger partial charge >= 0.3 is 0 Å². The molecule has 0 spiro atoms. The maximum atomic E-state index is 5.61. The minimum Gasteiger partial charge on any atom is -0.334 e. The second kappa shape index (κ2) is 4.75. The molecular formula is C11H13ClN6. The van der Waals surface area contributed by atoms with Gasteiger partial charge in [0.05, 0.1) is 29.6 Å². The number of hydrogen-bond acceptors (Lipinski definition) is 4. The summed E-state index contributed by atoms with van der Waals surface area (Å²) in [5.74, 6) is 0.736. The highest BCUT2D eigenvalue weighted by atomic mass is 35.5. The summed E-state index contributed by atoms with van der Waals surface area (Å²) in [6.45, 7) is 0.361. The summed E-state index contributed by atoms with van der Waals surface area (Å²) in [6, 6.07) is 5.97. The number of imidazole rings is 1. The largest absolute Gasteiger partial charge is 0.334 e. The van der Waals surface area contributed by atoms with Crippen LogP contribution in [0.3, 0.4) is 0 Å². The van der Waals surface area contributed by atoms with Crippen LogP contribution in [0.4, 0.5) is 0 Å². The van der Waals surface area contributed by atoms with E-state index in [0.717, 1.165) is 22.5 Å². The summed E-state index contributed by atoms with van der Waals surface area (Å²) >= 11 is 0. The van der Waals surface area contributed by atoms with E-state index in [0.29, 0.717) is 6.54 Å². The Labute approximate surface area is 110 Å². The predicted octanol–water partition coefficient (Wildman–Crippen LogP) is 1.03. The van der Waals surface area contributed by atoms with Crippen molar-refractivity contribution in [3.05, 3.63) is 36.7 Å². The van der Waals surface area contributed by atoms with Crippen molar-refractivity contribution in [1.29, 1.82) is 0 Å². The molecule has 0 saturated heterocycles. The third-order valence-electron chi connectivity index (χ3n) is 2.75. The van der Waals surface area contributed by atoms with E-state index in [1.807, 2.05) is 29.8 Å². The zero-order chi connectivity index (χ0) is 11.8. The molecule has 6 nitrogen and oxygen atoms in total. The number of aromatic nitrogens is 5. The molecule has 0 aliphatic carbocycles. The first-order valence-electron chi connectivity index (χ1n) is 5.30. The molecule has 0 amide bonds. The van der Waals surface area contributed by atoms with Crippen molar-refractivity contribution < 1.29 is 0 Å². The van der Waals surface area contributed by atoms with Crippen molar-refractivity contribution >= 4 is 23.4 Å². The van der Waals surface area contributed by atoms with Crippen LogP contribution in [-0.4, -0.2) is 24.3 Å². The second-order valence-corrected chi connectivity index (χ2v) is 3.82. The van der Waals surface area contributed by atoms with Gasteiger partial charge < -0.3 is 10.3 Å². The molecule has 2 aromatic heterocycles. The first kappa shape index (κ1) is 12.5. The zero-order valence-electron chi connectivity index (χ0n) is 9.82. The van der Waals surface area contributed by atoms with Gasteiger partial charge in [0.1, 0.15) is 12.2 Å². The zero-order valence-corrected chi connectivity index (χ0v) is 10.6. The number of fused-ring (bicyclic) bond motifs is 1. The van der Waals surface area contributed by atoms with Gasteiger partial charge in [0.15, 0.2) is 0 Å². The summed E-state index contributed by atoms with van der Waals surface area (Å²) in [7, 11) is 1.97. The van der Waals surface area contributed by atoms with Crippen molar-refractivity contribution in [2.75, 3.05) is 0 Å². The van der Waals surface area contributed by atoms with Crippen LogP contribution in [0, 0.1) is 0 Å². The van der Waals surface area contributed by atoms with E-state index in [-0.39, 0.29) is 12.4 Å². The third kappa shape index (κ3) is 1.85. The van der Waals surface area contributed by atoms with Gasteiger partial charge in [0.2, 0.25) is 0 Å². The molecule has 0 bridgehead atoms. The van der Waals surface area contributed by atoms with E-state index in [1.54, 1.807) is 11.0 Å². The van der Waals surface area contributed by atoms with E-state index in [4.69, 9.17) is 5.73 Å². The quantitative estimate of drug-likeness (QED) is 0.750. The first-order valence-corrected chi connectivity index (χ1v) is 5.30. The maximum absolute atomic E-state index is 5.61. The number of rotatable bonds is 2. The fraction of sp³-hybridized carbons (Fsp3) is 0.182. The van der Waals surface area contributed by atoms with Gasteiger partial charge in [-0.05, 0) is 18.2 Å². The molecule has 0 radical (unpaired) electrons. The lowest BCUT2D eigenvalue weighted by Gasteiger charge is -2.04. The van der Waals surface area contributed by atoms with Crippen LogP contribution in [0.1, 0.15) is 5.82 Å². The number of aryl methyl sites for hydroxylation is 1. The Balaban J connectivity index is 0.00000120. The molecule has 0 saturated carbocycles. The van der Waals surface area contributed by atoms with Gasteiger partial charge in [-0.3, -0.25) is 0 Å². The molecular weight excluding hydrogens is 252 g/mol. The highest BCUT2D eigenvalue weighted by Crippen LogP contribution is 2.16. The van der Waals surface area contributed by atoms with Crippen LogP contribution < -0.4 is 5.73 Å². The van der Waals surface area contributed by atoms with Crippen LogP contribution in [0.25, 0.3) is 16.7 Å². The van der Waals surface area contributed by atoms with Gasteiger partial charge in [-0.15, -0.1) is 12.4 Å². The average molecular weight is 265 g/mol. The molecule has 2 N–H and O–H groups in total. The molecule has 18 heavy (non-hydrogen) atoms. The van der Waals surface area contributed by atoms with E-state index >= 15 is 0 Å². The number of halogens is 1. The van der Waals surface area contributed by atoms with Crippen LogP contribution in [0.5, 0.6) is 0 Å². The lowest BCUT2D eigenvalue weighted by Crippen LogP contribution is -2.07. The Morgan fingerprint density at radius 1 is 1.28 bits per heavy atom. The summed E-state index contributed by atoms with van der Waals surface area (Å²) in [4.78, 5) is 8.41.